The Hall–Kier alpha value is -0.520. The van der Waals surface area contributed by atoms with Crippen molar-refractivity contribution in [3.63, 3.8) is 0 Å². The Labute approximate surface area is 128 Å². The average molecular weight is 394 g/mol. The van der Waals surface area contributed by atoms with Crippen LogP contribution in [0.4, 0.5) is 5.69 Å². The molecule has 1 heterocycles. The normalized spacial score (nSPS) is 10.7. The van der Waals surface area contributed by atoms with Gasteiger partial charge in [0.1, 0.15) is 0 Å². The molecule has 0 fully saturated rings. The molecule has 3 nitrogen and oxygen atoms in total. The van der Waals surface area contributed by atoms with E-state index in [4.69, 9.17) is 11.6 Å². The van der Waals surface area contributed by atoms with Crippen molar-refractivity contribution in [2.75, 3.05) is 11.9 Å². The molecule has 0 bridgehead atoms. The van der Waals surface area contributed by atoms with Crippen LogP contribution < -0.4 is 5.32 Å². The van der Waals surface area contributed by atoms with Crippen LogP contribution in [-0.4, -0.2) is 16.3 Å². The maximum absolute atomic E-state index is 5.96. The zero-order valence-electron chi connectivity index (χ0n) is 9.75. The van der Waals surface area contributed by atoms with E-state index in [1.165, 1.54) is 5.56 Å². The summed E-state index contributed by atoms with van der Waals surface area (Å²) in [7, 11) is 1.92. The second-order valence-corrected chi connectivity index (χ2v) is 6.09. The summed E-state index contributed by atoms with van der Waals surface area (Å²) in [5.74, 6) is 0. The molecule has 18 heavy (non-hydrogen) atoms. The van der Waals surface area contributed by atoms with Crippen molar-refractivity contribution in [3.8, 4) is 0 Å². The van der Waals surface area contributed by atoms with Gasteiger partial charge in [-0.3, -0.25) is 4.68 Å². The molecule has 0 aliphatic rings. The van der Waals surface area contributed by atoms with Crippen LogP contribution in [-0.2, 0) is 13.5 Å². The fourth-order valence-corrected chi connectivity index (χ4v) is 3.59. The molecular formula is C12H12Br2ClN3. The minimum atomic E-state index is 0.701. The highest BCUT2D eigenvalue weighted by atomic mass is 79.9. The van der Waals surface area contributed by atoms with Crippen LogP contribution in [0.5, 0.6) is 0 Å². The lowest BCUT2D eigenvalue weighted by Crippen LogP contribution is -2.05. The van der Waals surface area contributed by atoms with Gasteiger partial charge >= 0.3 is 0 Å². The van der Waals surface area contributed by atoms with Gasteiger partial charge in [0.15, 0.2) is 0 Å². The van der Waals surface area contributed by atoms with Gasteiger partial charge in [-0.1, -0.05) is 11.6 Å². The van der Waals surface area contributed by atoms with E-state index < -0.39 is 0 Å². The van der Waals surface area contributed by atoms with E-state index in [0.29, 0.717) is 5.02 Å². The van der Waals surface area contributed by atoms with E-state index in [9.17, 15) is 0 Å². The first-order valence-corrected chi connectivity index (χ1v) is 7.38. The molecule has 2 rings (SSSR count). The molecule has 1 aromatic heterocycles. The van der Waals surface area contributed by atoms with Crippen LogP contribution in [0.25, 0.3) is 0 Å². The van der Waals surface area contributed by atoms with Crippen LogP contribution in [0, 0.1) is 0 Å². The van der Waals surface area contributed by atoms with Crippen molar-refractivity contribution in [2.24, 2.45) is 7.05 Å². The predicted molar refractivity (Wildman–Crippen MR) is 82.3 cm³/mol. The Bertz CT molecular complexity index is 531. The molecule has 0 aliphatic heterocycles. The zero-order valence-corrected chi connectivity index (χ0v) is 13.7. The first kappa shape index (κ1) is 13.9. The first-order valence-electron chi connectivity index (χ1n) is 5.42. The smallest absolute Gasteiger partial charge is 0.0630 e. The Kier molecular flexibility index (Phi) is 4.70. The van der Waals surface area contributed by atoms with Crippen molar-refractivity contribution in [2.45, 2.75) is 6.42 Å². The van der Waals surface area contributed by atoms with Gasteiger partial charge in [-0.05, 0) is 56.0 Å². The quantitative estimate of drug-likeness (QED) is 0.842. The third-order valence-corrected chi connectivity index (χ3v) is 3.95. The molecule has 0 radical (unpaired) electrons. The highest BCUT2D eigenvalue weighted by molar-refractivity contribution is 9.11. The summed E-state index contributed by atoms with van der Waals surface area (Å²) in [6.45, 7) is 0.838. The third-order valence-electron chi connectivity index (χ3n) is 2.48. The Morgan fingerprint density at radius 3 is 2.56 bits per heavy atom. The Morgan fingerprint density at radius 2 is 2.00 bits per heavy atom. The van der Waals surface area contributed by atoms with E-state index >= 15 is 0 Å². The Morgan fingerprint density at radius 1 is 1.33 bits per heavy atom. The molecule has 0 aliphatic carbocycles. The fourth-order valence-electron chi connectivity index (χ4n) is 1.64. The molecule has 2 aromatic rings. The number of hydrogen-bond acceptors (Lipinski definition) is 2. The molecular weight excluding hydrogens is 381 g/mol. The maximum Gasteiger partial charge on any atom is 0.0630 e. The summed E-state index contributed by atoms with van der Waals surface area (Å²) >= 11 is 12.9. The van der Waals surface area contributed by atoms with Gasteiger partial charge in [-0.2, -0.15) is 5.10 Å². The monoisotopic (exact) mass is 391 g/mol. The minimum absolute atomic E-state index is 0.701. The molecule has 0 amide bonds. The lowest BCUT2D eigenvalue weighted by atomic mass is 10.2. The van der Waals surface area contributed by atoms with E-state index in [2.05, 4.69) is 42.3 Å². The van der Waals surface area contributed by atoms with Crippen LogP contribution >= 0.6 is 43.5 Å². The summed E-state index contributed by atoms with van der Waals surface area (Å²) in [6, 6.07) is 3.75. The predicted octanol–water partition coefficient (Wildman–Crippen LogP) is 4.25. The number of halogens is 3. The van der Waals surface area contributed by atoms with Gasteiger partial charge in [0.05, 0.1) is 11.9 Å². The molecule has 0 saturated carbocycles. The van der Waals surface area contributed by atoms with Gasteiger partial charge in [-0.25, -0.2) is 0 Å². The van der Waals surface area contributed by atoms with Gasteiger partial charge < -0.3 is 5.32 Å². The zero-order chi connectivity index (χ0) is 13.1. The maximum atomic E-state index is 5.96. The summed E-state index contributed by atoms with van der Waals surface area (Å²) < 4.78 is 3.71. The van der Waals surface area contributed by atoms with Crippen LogP contribution in [0.3, 0.4) is 0 Å². The number of nitrogens with one attached hydrogen (secondary N) is 1. The first-order chi connectivity index (χ1) is 8.56. The number of hydrogen-bond donors (Lipinski definition) is 1. The van der Waals surface area contributed by atoms with E-state index in [-0.39, 0.29) is 0 Å². The molecule has 0 spiro atoms. The Balaban J connectivity index is 1.98. The van der Waals surface area contributed by atoms with Crippen LogP contribution in [0.2, 0.25) is 5.02 Å². The van der Waals surface area contributed by atoms with E-state index in [1.54, 1.807) is 0 Å². The van der Waals surface area contributed by atoms with Crippen molar-refractivity contribution in [3.05, 3.63) is 44.1 Å². The summed E-state index contributed by atoms with van der Waals surface area (Å²) in [4.78, 5) is 0. The van der Waals surface area contributed by atoms with Gasteiger partial charge in [0.25, 0.3) is 0 Å². The van der Waals surface area contributed by atoms with Crippen molar-refractivity contribution in [1.29, 1.82) is 0 Å². The van der Waals surface area contributed by atoms with E-state index in [0.717, 1.165) is 27.6 Å². The van der Waals surface area contributed by atoms with Crippen molar-refractivity contribution in [1.82, 2.24) is 9.78 Å². The SMILES string of the molecule is Cn1cc(CCNc2c(Br)cc(Cl)cc2Br)cn1. The number of aromatic nitrogens is 2. The number of aryl methyl sites for hydroxylation is 1. The number of anilines is 1. The number of benzene rings is 1. The largest absolute Gasteiger partial charge is 0.383 e. The lowest BCUT2D eigenvalue weighted by molar-refractivity contribution is 0.767. The summed E-state index contributed by atoms with van der Waals surface area (Å²) in [5, 5.41) is 8.22. The number of nitrogens with zero attached hydrogens (tertiary/aromatic N) is 2. The van der Waals surface area contributed by atoms with Crippen LogP contribution in [0.1, 0.15) is 5.56 Å². The second kappa shape index (κ2) is 6.08. The molecule has 0 saturated heterocycles. The average Bonchev–Trinajstić information content (AvgIpc) is 2.68. The highest BCUT2D eigenvalue weighted by Crippen LogP contribution is 2.34. The minimum Gasteiger partial charge on any atom is -0.383 e. The topological polar surface area (TPSA) is 29.9 Å². The van der Waals surface area contributed by atoms with Gasteiger partial charge in [0, 0.05) is 33.8 Å². The highest BCUT2D eigenvalue weighted by Gasteiger charge is 2.06. The van der Waals surface area contributed by atoms with Gasteiger partial charge in [0.2, 0.25) is 0 Å². The molecule has 1 aromatic carbocycles. The van der Waals surface area contributed by atoms with Gasteiger partial charge in [-0.15, -0.1) is 0 Å². The van der Waals surface area contributed by atoms with Crippen molar-refractivity contribution < 1.29 is 0 Å². The molecule has 0 unspecified atom stereocenters. The van der Waals surface area contributed by atoms with E-state index in [1.807, 2.05) is 36.3 Å². The molecule has 0 atom stereocenters. The summed E-state index contributed by atoms with van der Waals surface area (Å²) in [6.07, 6.45) is 4.83. The van der Waals surface area contributed by atoms with Crippen LogP contribution in [0.15, 0.2) is 33.5 Å². The molecule has 6 heteroatoms. The third kappa shape index (κ3) is 3.49. The molecule has 96 valence electrons. The lowest BCUT2D eigenvalue weighted by Gasteiger charge is -2.10. The van der Waals surface area contributed by atoms with Crippen molar-refractivity contribution >= 4 is 49.1 Å². The fraction of sp³-hybridized carbons (Fsp3) is 0.250. The second-order valence-electron chi connectivity index (χ2n) is 3.94. The standard InChI is InChI=1S/C12H12Br2ClN3/c1-18-7-8(6-17-18)2-3-16-12-10(13)4-9(15)5-11(12)14/h4-7,16H,2-3H2,1H3. The molecule has 1 N–H and O–H groups in total. The number of rotatable bonds is 4. The summed E-state index contributed by atoms with van der Waals surface area (Å²) in [5.41, 5.74) is 2.23.